The van der Waals surface area contributed by atoms with Gasteiger partial charge in [-0.25, -0.2) is 9.79 Å². The van der Waals surface area contributed by atoms with Crippen LogP contribution in [0.5, 0.6) is 11.5 Å². The van der Waals surface area contributed by atoms with E-state index in [2.05, 4.69) is 20.9 Å². The highest BCUT2D eigenvalue weighted by Crippen LogP contribution is 2.40. The number of fused-ring (bicyclic) bond motifs is 2. The number of benzene rings is 3. The van der Waals surface area contributed by atoms with Crippen molar-refractivity contribution in [3.05, 3.63) is 101 Å². The van der Waals surface area contributed by atoms with Crippen LogP contribution in [0.1, 0.15) is 37.9 Å². The minimum Gasteiger partial charge on any atom is -0.496 e. The Morgan fingerprint density at radius 1 is 1.12 bits per heavy atom. The van der Waals surface area contributed by atoms with E-state index in [0.717, 1.165) is 15.2 Å². The van der Waals surface area contributed by atoms with E-state index in [0.29, 0.717) is 37.7 Å². The van der Waals surface area contributed by atoms with Crippen molar-refractivity contribution in [3.63, 3.8) is 0 Å². The summed E-state index contributed by atoms with van der Waals surface area (Å²) in [5.74, 6) is -0.186. The number of hydrogen-bond donors (Lipinski definition) is 0. The Morgan fingerprint density at radius 2 is 1.88 bits per heavy atom. The maximum absolute atomic E-state index is 14.1. The van der Waals surface area contributed by atoms with Crippen LogP contribution < -0.4 is 24.4 Å². The Kier molecular flexibility index (Phi) is 7.73. The van der Waals surface area contributed by atoms with Gasteiger partial charge in [0.1, 0.15) is 17.5 Å². The summed E-state index contributed by atoms with van der Waals surface area (Å²) < 4.78 is 19.2. The first-order valence-electron chi connectivity index (χ1n) is 12.5. The van der Waals surface area contributed by atoms with Crippen molar-refractivity contribution in [2.45, 2.75) is 26.8 Å². The number of thiazole rings is 1. The Hall–Kier alpha value is -4.02. The van der Waals surface area contributed by atoms with Gasteiger partial charge in [-0.1, -0.05) is 57.6 Å². The number of halogens is 1. The first-order valence-corrected chi connectivity index (χ1v) is 14.1. The fourth-order valence-electron chi connectivity index (χ4n) is 4.82. The molecule has 0 saturated heterocycles. The Balaban J connectivity index is 1.84. The van der Waals surface area contributed by atoms with Gasteiger partial charge >= 0.3 is 11.9 Å². The lowest BCUT2D eigenvalue weighted by Gasteiger charge is -2.27. The number of nitrogens with zero attached hydrogens (tertiary/aromatic N) is 2. The van der Waals surface area contributed by atoms with Gasteiger partial charge in [-0.3, -0.25) is 14.2 Å². The first-order chi connectivity index (χ1) is 19.2. The number of ether oxygens (including phenoxy) is 3. The van der Waals surface area contributed by atoms with Crippen molar-refractivity contribution >= 4 is 56.1 Å². The van der Waals surface area contributed by atoms with Gasteiger partial charge in [-0.05, 0) is 55.0 Å². The second-order valence-electron chi connectivity index (χ2n) is 8.98. The summed E-state index contributed by atoms with van der Waals surface area (Å²) in [5, 5.41) is 1.76. The number of methoxy groups -OCH3 is 1. The predicted molar refractivity (Wildman–Crippen MR) is 156 cm³/mol. The monoisotopic (exact) mass is 620 g/mol. The molecule has 0 saturated carbocycles. The van der Waals surface area contributed by atoms with Gasteiger partial charge in [-0.2, -0.15) is 0 Å². The standard InChI is InChI=1S/C30H25BrN2O6S/c1-5-38-29(36)25-16(2)32-30-33(27(25)26-21-9-7-6-8-18(21)10-12-23(26)37-4)28(35)24(40-30)15-19-14-20(31)11-13-22(19)39-17(3)34/h6-15,27H,5H2,1-4H3/b24-15-/t27-/m0/s1. The van der Waals surface area contributed by atoms with Crippen LogP contribution in [-0.4, -0.2) is 30.2 Å². The zero-order valence-electron chi connectivity index (χ0n) is 22.2. The third-order valence-corrected chi connectivity index (χ3v) is 7.93. The summed E-state index contributed by atoms with van der Waals surface area (Å²) in [7, 11) is 1.56. The van der Waals surface area contributed by atoms with E-state index < -0.39 is 18.0 Å². The zero-order valence-corrected chi connectivity index (χ0v) is 24.6. The van der Waals surface area contributed by atoms with Gasteiger partial charge < -0.3 is 14.2 Å². The van der Waals surface area contributed by atoms with Crippen molar-refractivity contribution in [1.82, 2.24) is 4.57 Å². The average Bonchev–Trinajstić information content (AvgIpc) is 3.22. The molecule has 0 amide bonds. The molecule has 4 aromatic rings. The second-order valence-corrected chi connectivity index (χ2v) is 10.9. The molecule has 40 heavy (non-hydrogen) atoms. The molecule has 1 aromatic heterocycles. The minimum atomic E-state index is -0.853. The van der Waals surface area contributed by atoms with Crippen LogP contribution in [0.25, 0.3) is 16.8 Å². The number of carbonyl (C=O) groups is 2. The predicted octanol–water partition coefficient (Wildman–Crippen LogP) is 4.65. The molecule has 3 aromatic carbocycles. The number of aromatic nitrogens is 1. The fraction of sp³-hybridized carbons (Fsp3) is 0.200. The van der Waals surface area contributed by atoms with Gasteiger partial charge in [0.2, 0.25) is 0 Å². The Labute approximate surface area is 242 Å². The highest BCUT2D eigenvalue weighted by molar-refractivity contribution is 9.10. The molecule has 8 nitrogen and oxygen atoms in total. The minimum absolute atomic E-state index is 0.168. The van der Waals surface area contributed by atoms with E-state index in [4.69, 9.17) is 14.2 Å². The Morgan fingerprint density at radius 3 is 2.60 bits per heavy atom. The topological polar surface area (TPSA) is 96.2 Å². The summed E-state index contributed by atoms with van der Waals surface area (Å²) in [6.45, 7) is 4.95. The number of hydrogen-bond acceptors (Lipinski definition) is 8. The van der Waals surface area contributed by atoms with Crippen molar-refractivity contribution in [3.8, 4) is 11.5 Å². The molecule has 1 atom stereocenters. The van der Waals surface area contributed by atoms with E-state index in [1.54, 1.807) is 45.2 Å². The van der Waals surface area contributed by atoms with Crippen molar-refractivity contribution in [2.75, 3.05) is 13.7 Å². The molecule has 204 valence electrons. The molecule has 0 bridgehead atoms. The van der Waals surface area contributed by atoms with Gasteiger partial charge in [-0.15, -0.1) is 0 Å². The lowest BCUT2D eigenvalue weighted by Crippen LogP contribution is -2.40. The molecule has 0 radical (unpaired) electrons. The normalized spacial score (nSPS) is 15.0. The Bertz CT molecular complexity index is 1890. The molecule has 1 aliphatic heterocycles. The van der Waals surface area contributed by atoms with Crippen LogP contribution in [0.2, 0.25) is 0 Å². The maximum Gasteiger partial charge on any atom is 0.338 e. The van der Waals surface area contributed by atoms with Crippen LogP contribution in [0.15, 0.2) is 80.1 Å². The van der Waals surface area contributed by atoms with E-state index >= 15 is 0 Å². The van der Waals surface area contributed by atoms with Crippen LogP contribution in [0.3, 0.4) is 0 Å². The molecule has 5 rings (SSSR count). The van der Waals surface area contributed by atoms with Gasteiger partial charge in [0.05, 0.1) is 29.5 Å². The molecule has 10 heteroatoms. The molecule has 2 heterocycles. The summed E-state index contributed by atoms with van der Waals surface area (Å²) in [6.07, 6.45) is 1.66. The molecule has 0 spiro atoms. The first kappa shape index (κ1) is 27.5. The van der Waals surface area contributed by atoms with Crippen LogP contribution in [0.4, 0.5) is 0 Å². The van der Waals surface area contributed by atoms with Crippen molar-refractivity contribution < 1.29 is 23.8 Å². The summed E-state index contributed by atoms with van der Waals surface area (Å²) >= 11 is 4.63. The lowest BCUT2D eigenvalue weighted by atomic mass is 9.90. The van der Waals surface area contributed by atoms with Crippen molar-refractivity contribution in [2.24, 2.45) is 4.99 Å². The molecular formula is C30H25BrN2O6S. The lowest BCUT2D eigenvalue weighted by molar-refractivity contribution is -0.139. The highest BCUT2D eigenvalue weighted by Gasteiger charge is 2.36. The third kappa shape index (κ3) is 5.00. The molecule has 0 fully saturated rings. The third-order valence-electron chi connectivity index (χ3n) is 6.45. The van der Waals surface area contributed by atoms with E-state index in [1.807, 2.05) is 36.4 Å². The number of allylic oxidation sites excluding steroid dienone is 1. The molecule has 0 aliphatic carbocycles. The smallest absolute Gasteiger partial charge is 0.338 e. The van der Waals surface area contributed by atoms with Gasteiger partial charge in [0.25, 0.3) is 5.56 Å². The van der Waals surface area contributed by atoms with E-state index in [-0.39, 0.29) is 17.7 Å². The summed E-state index contributed by atoms with van der Waals surface area (Å²) in [6, 6.07) is 15.8. The summed E-state index contributed by atoms with van der Waals surface area (Å²) in [5.41, 5.74) is 1.56. The highest BCUT2D eigenvalue weighted by atomic mass is 79.9. The molecule has 0 N–H and O–H groups in total. The number of esters is 2. The van der Waals surface area contributed by atoms with Gasteiger partial charge in [0, 0.05) is 22.5 Å². The SMILES string of the molecule is CCOC(=O)C1=C(C)N=c2s/c(=C\c3cc(Br)ccc3OC(C)=O)c(=O)n2[C@@H]1c1c(OC)ccc2ccccc12. The second kappa shape index (κ2) is 11.2. The molecule has 1 aliphatic rings. The maximum atomic E-state index is 14.1. The van der Waals surface area contributed by atoms with Crippen LogP contribution in [-0.2, 0) is 14.3 Å². The molecular weight excluding hydrogens is 596 g/mol. The zero-order chi connectivity index (χ0) is 28.6. The molecule has 0 unspecified atom stereocenters. The van der Waals surface area contributed by atoms with E-state index in [1.165, 1.54) is 22.8 Å². The van der Waals surface area contributed by atoms with E-state index in [9.17, 15) is 14.4 Å². The number of rotatable bonds is 6. The summed E-state index contributed by atoms with van der Waals surface area (Å²) in [4.78, 5) is 44.3. The van der Waals surface area contributed by atoms with Gasteiger partial charge in [0.15, 0.2) is 4.80 Å². The number of carbonyl (C=O) groups excluding carboxylic acids is 2. The quantitative estimate of drug-likeness (QED) is 0.230. The van der Waals surface area contributed by atoms with Crippen molar-refractivity contribution in [1.29, 1.82) is 0 Å². The van der Waals surface area contributed by atoms with Crippen LogP contribution >= 0.6 is 27.3 Å². The largest absolute Gasteiger partial charge is 0.496 e. The average molecular weight is 622 g/mol. The van der Waals surface area contributed by atoms with Crippen LogP contribution in [0, 0.1) is 0 Å². The fourth-order valence-corrected chi connectivity index (χ4v) is 6.24.